The lowest BCUT2D eigenvalue weighted by Gasteiger charge is -2.06. The summed E-state index contributed by atoms with van der Waals surface area (Å²) in [6, 6.07) is 3.30. The van der Waals surface area contributed by atoms with Crippen LogP contribution in [0, 0.1) is 0 Å². The summed E-state index contributed by atoms with van der Waals surface area (Å²) in [6.07, 6.45) is 5.21. The fourth-order valence-electron chi connectivity index (χ4n) is 1.76. The minimum Gasteiger partial charge on any atom is -0.361 e. The molecular weight excluding hydrogens is 307 g/mol. The number of nitrogens with two attached hydrogens (primary N) is 1. The largest absolute Gasteiger partial charge is 0.361 e. The van der Waals surface area contributed by atoms with E-state index in [0.717, 1.165) is 25.7 Å². The Morgan fingerprint density at radius 2 is 1.86 bits per heavy atom. The lowest BCUT2D eigenvalue weighted by atomic mass is 10.2. The lowest BCUT2D eigenvalue weighted by molar-refractivity contribution is 0.0952. The number of halogens is 1. The van der Waals surface area contributed by atoms with Crippen LogP contribution in [0.15, 0.2) is 18.3 Å². The van der Waals surface area contributed by atoms with Crippen LogP contribution in [-0.2, 0) is 0 Å². The molecule has 0 aliphatic carbocycles. The highest BCUT2D eigenvalue weighted by Gasteiger charge is 2.04. The van der Waals surface area contributed by atoms with Gasteiger partial charge < -0.3 is 16.1 Å². The van der Waals surface area contributed by atoms with Crippen molar-refractivity contribution < 1.29 is 9.28 Å². The highest BCUT2D eigenvalue weighted by molar-refractivity contribution is 7.80. The van der Waals surface area contributed by atoms with Gasteiger partial charge in [0.25, 0.3) is 5.91 Å². The number of carbonyl (C=O) groups excluding carboxylic acids is 1. The van der Waals surface area contributed by atoms with Crippen molar-refractivity contribution in [1.82, 2.24) is 21.2 Å². The number of thiocarbonyl (C=S) groups is 1. The van der Waals surface area contributed by atoms with Crippen LogP contribution in [0.25, 0.3) is 0 Å². The van der Waals surface area contributed by atoms with E-state index < -0.39 is 0 Å². The molecule has 0 saturated heterocycles. The fourth-order valence-corrected chi connectivity index (χ4v) is 1.86. The number of hydrogen-bond donors (Lipinski definition) is 5. The third kappa shape index (κ3) is 7.14. The van der Waals surface area contributed by atoms with Gasteiger partial charge in [0, 0.05) is 19.3 Å². The van der Waals surface area contributed by atoms with Crippen LogP contribution in [0.1, 0.15) is 36.0 Å². The van der Waals surface area contributed by atoms with Gasteiger partial charge in [-0.2, -0.15) is 5.54 Å². The summed E-state index contributed by atoms with van der Waals surface area (Å²) >= 11 is 4.61. The van der Waals surface area contributed by atoms with Gasteiger partial charge in [0.05, 0.1) is 5.56 Å². The average Bonchev–Trinajstić information content (AvgIpc) is 2.56. The van der Waals surface area contributed by atoms with Crippen LogP contribution in [0.3, 0.4) is 0 Å². The normalized spacial score (nSPS) is 9.91. The number of carbonyl (C=O) groups is 1. The van der Waals surface area contributed by atoms with Gasteiger partial charge in [0.1, 0.15) is 5.82 Å². The van der Waals surface area contributed by atoms with Gasteiger partial charge in [0.15, 0.2) is 5.11 Å². The summed E-state index contributed by atoms with van der Waals surface area (Å²) in [5.41, 5.74) is 4.26. The molecule has 0 saturated carbocycles. The highest BCUT2D eigenvalue weighted by atomic mass is 32.1. The monoisotopic (exact) mass is 328 g/mol. The van der Waals surface area contributed by atoms with Crippen molar-refractivity contribution >= 4 is 29.1 Å². The summed E-state index contributed by atoms with van der Waals surface area (Å²) in [5, 5.41) is 5.57. The van der Waals surface area contributed by atoms with Crippen LogP contribution < -0.4 is 27.4 Å². The molecule has 7 nitrogen and oxygen atoms in total. The minimum atomic E-state index is -0.155. The second kappa shape index (κ2) is 10.7. The zero-order valence-corrected chi connectivity index (χ0v) is 13.0. The van der Waals surface area contributed by atoms with E-state index in [1.54, 1.807) is 12.1 Å². The first-order chi connectivity index (χ1) is 10.7. The van der Waals surface area contributed by atoms with Crippen LogP contribution in [0.2, 0.25) is 0 Å². The number of nitrogens with zero attached hydrogens (tertiary/aromatic N) is 1. The predicted octanol–water partition coefficient (Wildman–Crippen LogP) is 1.01. The first kappa shape index (κ1) is 18.1. The Morgan fingerprint density at radius 3 is 2.41 bits per heavy atom. The molecule has 0 unspecified atom stereocenters. The van der Waals surface area contributed by atoms with Gasteiger partial charge in [-0.3, -0.25) is 4.79 Å². The Balaban J connectivity index is 2.06. The smallest absolute Gasteiger partial charge is 0.252 e. The molecule has 0 spiro atoms. The van der Waals surface area contributed by atoms with Crippen molar-refractivity contribution in [3.63, 3.8) is 0 Å². The number of unbranched alkanes of at least 4 members (excludes halogenated alkanes) is 3. The van der Waals surface area contributed by atoms with Gasteiger partial charge in [0.2, 0.25) is 0 Å². The molecule has 1 heterocycles. The third-order valence-corrected chi connectivity index (χ3v) is 3.16. The third-order valence-electron chi connectivity index (χ3n) is 2.93. The Kier molecular flexibility index (Phi) is 8.77. The van der Waals surface area contributed by atoms with E-state index in [4.69, 9.17) is 5.84 Å². The number of hydrogen-bond acceptors (Lipinski definition) is 5. The maximum absolute atomic E-state index is 11.8. The number of amides is 1. The van der Waals surface area contributed by atoms with Crippen LogP contribution in [0.5, 0.6) is 0 Å². The Hall–Kier alpha value is -2.00. The molecular formula is C13H21FN6OS. The summed E-state index contributed by atoms with van der Waals surface area (Å²) in [7, 11) is 0. The molecule has 6 N–H and O–H groups in total. The van der Waals surface area contributed by atoms with E-state index in [0.29, 0.717) is 24.5 Å². The first-order valence-electron chi connectivity index (χ1n) is 7.02. The van der Waals surface area contributed by atoms with Crippen LogP contribution in [0.4, 0.5) is 10.3 Å². The molecule has 0 aromatic carbocycles. The van der Waals surface area contributed by atoms with Crippen LogP contribution in [-0.4, -0.2) is 29.1 Å². The molecule has 1 aromatic heterocycles. The molecule has 0 aliphatic rings. The number of pyridine rings is 1. The number of aromatic nitrogens is 1. The zero-order valence-electron chi connectivity index (χ0n) is 12.2. The van der Waals surface area contributed by atoms with Crippen molar-refractivity contribution in [1.29, 1.82) is 0 Å². The molecule has 1 amide bonds. The van der Waals surface area contributed by atoms with E-state index in [1.165, 1.54) is 11.7 Å². The van der Waals surface area contributed by atoms with Crippen molar-refractivity contribution in [2.75, 3.05) is 18.5 Å². The molecule has 9 heteroatoms. The summed E-state index contributed by atoms with van der Waals surface area (Å²) in [6.45, 7) is 1.24. The Bertz CT molecular complexity index is 470. The highest BCUT2D eigenvalue weighted by Crippen LogP contribution is 2.03. The van der Waals surface area contributed by atoms with Crippen molar-refractivity contribution in [3.8, 4) is 0 Å². The average molecular weight is 328 g/mol. The van der Waals surface area contributed by atoms with Gasteiger partial charge in [-0.1, -0.05) is 12.8 Å². The van der Waals surface area contributed by atoms with Gasteiger partial charge in [-0.05, 0) is 37.2 Å². The summed E-state index contributed by atoms with van der Waals surface area (Å²) in [4.78, 5) is 15.8. The molecule has 1 aromatic rings. The number of anilines is 1. The Labute approximate surface area is 134 Å². The quantitative estimate of drug-likeness (QED) is 0.151. The van der Waals surface area contributed by atoms with Gasteiger partial charge >= 0.3 is 0 Å². The fraction of sp³-hybridized carbons (Fsp3) is 0.462. The molecule has 1 rings (SSSR count). The van der Waals surface area contributed by atoms with E-state index >= 15 is 0 Å². The first-order valence-corrected chi connectivity index (χ1v) is 7.43. The Morgan fingerprint density at radius 1 is 1.18 bits per heavy atom. The topological polar surface area (TPSA) is 104 Å². The van der Waals surface area contributed by atoms with Gasteiger partial charge in [-0.15, -0.1) is 4.48 Å². The minimum absolute atomic E-state index is 0.0109. The molecule has 0 radical (unpaired) electrons. The molecule has 122 valence electrons. The van der Waals surface area contributed by atoms with Crippen LogP contribution >= 0.6 is 12.2 Å². The number of nitrogen functional groups attached to an aromatic ring is 1. The summed E-state index contributed by atoms with van der Waals surface area (Å²) in [5.74, 6) is 5.55. The molecule has 22 heavy (non-hydrogen) atoms. The van der Waals surface area contributed by atoms with E-state index in [9.17, 15) is 9.28 Å². The van der Waals surface area contributed by atoms with Gasteiger partial charge in [-0.25, -0.2) is 10.8 Å². The standard InChI is InChI=1S/C13H21FN6OS/c14-19-13(22)17-8-4-2-1-3-7-16-12(21)10-5-6-11(20-15)18-9-10/h5-6,9H,1-4,7-8,15H2,(H,16,21)(H,18,20)(H2,17,19,22). The lowest BCUT2D eigenvalue weighted by Crippen LogP contribution is -2.30. The molecule has 0 bridgehead atoms. The SMILES string of the molecule is NNc1ccc(C(=O)NCCCCCCNC(=S)NF)cn1. The maximum Gasteiger partial charge on any atom is 0.252 e. The molecule has 0 fully saturated rings. The second-order valence-electron chi connectivity index (χ2n) is 4.60. The van der Waals surface area contributed by atoms with E-state index in [-0.39, 0.29) is 11.0 Å². The van der Waals surface area contributed by atoms with Crippen molar-refractivity contribution in [2.24, 2.45) is 5.84 Å². The molecule has 0 aliphatic heterocycles. The predicted molar refractivity (Wildman–Crippen MR) is 87.7 cm³/mol. The molecule has 0 atom stereocenters. The number of nitrogens with one attached hydrogen (secondary N) is 4. The van der Waals surface area contributed by atoms with Crippen molar-refractivity contribution in [2.45, 2.75) is 25.7 Å². The van der Waals surface area contributed by atoms with Crippen molar-refractivity contribution in [3.05, 3.63) is 23.9 Å². The van der Waals surface area contributed by atoms with E-state index in [1.807, 2.05) is 0 Å². The second-order valence-corrected chi connectivity index (χ2v) is 5.01. The summed E-state index contributed by atoms with van der Waals surface area (Å²) < 4.78 is 11.8. The number of rotatable bonds is 9. The maximum atomic E-state index is 11.8. The zero-order chi connectivity index (χ0) is 16.2. The number of hydrazine groups is 1. The van der Waals surface area contributed by atoms with E-state index in [2.05, 4.69) is 33.3 Å².